The number of halogens is 1. The summed E-state index contributed by atoms with van der Waals surface area (Å²) in [4.78, 5) is 13.8. The highest BCUT2D eigenvalue weighted by Crippen LogP contribution is 1.82. The van der Waals surface area contributed by atoms with Crippen LogP contribution >= 0.6 is 0 Å². The van der Waals surface area contributed by atoms with Crippen LogP contribution in [0.15, 0.2) is 17.3 Å². The van der Waals surface area contributed by atoms with Crippen molar-refractivity contribution in [3.05, 3.63) is 17.2 Å². The molecule has 0 unspecified atom stereocenters. The number of rotatable bonds is 0. The van der Waals surface area contributed by atoms with E-state index in [4.69, 9.17) is 0 Å². The zero-order valence-corrected chi connectivity index (χ0v) is 5.71. The third-order valence-electron chi connectivity index (χ3n) is 0.665. The summed E-state index contributed by atoms with van der Waals surface area (Å²) in [6.07, 6.45) is 4.65. The van der Waals surface area contributed by atoms with Crippen LogP contribution in [0.1, 0.15) is 0 Å². The topological polar surface area (TPSA) is 32.4 Å². The van der Waals surface area contributed by atoms with E-state index in [2.05, 4.69) is 4.99 Å². The molecule has 8 heavy (non-hydrogen) atoms. The third-order valence-corrected chi connectivity index (χ3v) is 0.665. The average molecular weight is 177 g/mol. The van der Waals surface area contributed by atoms with Crippen LogP contribution in [0.2, 0.25) is 0 Å². The largest absolute Gasteiger partial charge is 1.00 e. The fraction of sp³-hybridized carbons (Fsp3) is 0.250. The maximum atomic E-state index is 10.2. The highest BCUT2D eigenvalue weighted by atomic mass is 79.9. The quantitative estimate of drug-likeness (QED) is 0.371. The summed E-state index contributed by atoms with van der Waals surface area (Å²) < 4.78 is 0.764. The Balaban J connectivity index is 0.000000490. The highest BCUT2D eigenvalue weighted by molar-refractivity contribution is 5.70. The molecule has 1 aliphatic rings. The second kappa shape index (κ2) is 3.49. The smallest absolute Gasteiger partial charge is 0.289 e. The molecule has 0 atom stereocenters. The predicted molar refractivity (Wildman–Crippen MR) is 26.1 cm³/mol. The molecule has 3 nitrogen and oxygen atoms in total. The number of nitrogens with zero attached hydrogens (tertiary/aromatic N) is 2. The van der Waals surface area contributed by atoms with Crippen molar-refractivity contribution in [2.45, 2.75) is 0 Å². The Kier molecular flexibility index (Phi) is 3.26. The van der Waals surface area contributed by atoms with Crippen LogP contribution in [0.4, 0.5) is 0 Å². The van der Waals surface area contributed by atoms with E-state index in [1.54, 1.807) is 12.3 Å². The SMILES string of the molecule is O=[N+]1C=CC=NC1.[Br-]. The lowest BCUT2D eigenvalue weighted by Gasteiger charge is -1.81. The van der Waals surface area contributed by atoms with Crippen molar-refractivity contribution >= 4 is 6.21 Å². The van der Waals surface area contributed by atoms with E-state index in [1.165, 1.54) is 6.20 Å². The van der Waals surface area contributed by atoms with Crippen LogP contribution in [-0.4, -0.2) is 17.6 Å². The van der Waals surface area contributed by atoms with Crippen molar-refractivity contribution in [2.75, 3.05) is 6.67 Å². The highest BCUT2D eigenvalue weighted by Gasteiger charge is 2.00. The number of nitroso groups, excluding NO2 is 1. The van der Waals surface area contributed by atoms with Gasteiger partial charge >= 0.3 is 0 Å². The minimum Gasteiger partial charge on any atom is -1.00 e. The first kappa shape index (κ1) is 7.49. The first-order chi connectivity index (χ1) is 3.39. The lowest BCUT2D eigenvalue weighted by Crippen LogP contribution is -3.00. The van der Waals surface area contributed by atoms with E-state index < -0.39 is 0 Å². The van der Waals surface area contributed by atoms with Crippen molar-refractivity contribution in [3.8, 4) is 0 Å². The second-order valence-electron chi connectivity index (χ2n) is 1.23. The van der Waals surface area contributed by atoms with Gasteiger partial charge in [0, 0.05) is 17.2 Å². The average Bonchev–Trinajstić information content (AvgIpc) is 1.69. The maximum Gasteiger partial charge on any atom is 0.289 e. The molecule has 1 aliphatic heterocycles. The molecule has 0 amide bonds. The van der Waals surface area contributed by atoms with E-state index in [0.717, 1.165) is 4.76 Å². The monoisotopic (exact) mass is 176 g/mol. The molecule has 0 bridgehead atoms. The summed E-state index contributed by atoms with van der Waals surface area (Å²) in [5, 5.41) is 0. The fourth-order valence-corrected chi connectivity index (χ4v) is 0.370. The van der Waals surface area contributed by atoms with Gasteiger partial charge in [-0.15, -0.1) is 0 Å². The van der Waals surface area contributed by atoms with Crippen LogP contribution in [-0.2, 0) is 0 Å². The molecule has 0 saturated carbocycles. The standard InChI is InChI=1S/C4H5N2O.BrH/c7-6-3-1-2-5-4-6;/h1-3H,4H2;1H/q+1;/p-1. The predicted octanol–water partition coefficient (Wildman–Crippen LogP) is -2.68. The molecule has 1 heterocycles. The van der Waals surface area contributed by atoms with Crippen molar-refractivity contribution in [3.63, 3.8) is 0 Å². The Morgan fingerprint density at radius 3 is 2.62 bits per heavy atom. The summed E-state index contributed by atoms with van der Waals surface area (Å²) in [6, 6.07) is 0. The Labute approximate surface area is 57.5 Å². The molecule has 0 aromatic carbocycles. The van der Waals surface area contributed by atoms with Gasteiger partial charge in [-0.2, -0.15) is 0 Å². The Bertz CT molecular complexity index is 141. The molecule has 0 spiro atoms. The molecule has 1 rings (SSSR count). The van der Waals surface area contributed by atoms with Crippen molar-refractivity contribution in [1.82, 2.24) is 0 Å². The summed E-state index contributed by atoms with van der Waals surface area (Å²) in [6.45, 7) is 0.247. The number of allylic oxidation sites excluding steroid dienone is 1. The Morgan fingerprint density at radius 1 is 1.62 bits per heavy atom. The van der Waals surface area contributed by atoms with Crippen molar-refractivity contribution in [1.29, 1.82) is 0 Å². The first-order valence-corrected chi connectivity index (χ1v) is 2.00. The van der Waals surface area contributed by atoms with Gasteiger partial charge in [0.15, 0.2) is 0 Å². The molecule has 0 fully saturated rings. The van der Waals surface area contributed by atoms with E-state index in [9.17, 15) is 4.91 Å². The van der Waals surface area contributed by atoms with Gasteiger partial charge in [-0.3, -0.25) is 0 Å². The molecular formula is C4H5BrN2O. The molecule has 0 aromatic rings. The van der Waals surface area contributed by atoms with Gasteiger partial charge in [0.1, 0.15) is 0 Å². The number of aliphatic imine (C=N–C) groups is 1. The van der Waals surface area contributed by atoms with Crippen LogP contribution in [0.5, 0.6) is 0 Å². The summed E-state index contributed by atoms with van der Waals surface area (Å²) in [5.41, 5.74) is 0. The molecule has 0 radical (unpaired) electrons. The molecule has 0 aromatic heterocycles. The van der Waals surface area contributed by atoms with Gasteiger partial charge in [0.05, 0.1) is 4.76 Å². The lowest BCUT2D eigenvalue weighted by atomic mass is 10.6. The zero-order chi connectivity index (χ0) is 5.11. The van der Waals surface area contributed by atoms with E-state index >= 15 is 0 Å². The fourth-order valence-electron chi connectivity index (χ4n) is 0.370. The molecular weight excluding hydrogens is 172 g/mol. The molecule has 0 N–H and O–H groups in total. The second-order valence-corrected chi connectivity index (χ2v) is 1.23. The minimum atomic E-state index is 0. The number of hydrogen-bond acceptors (Lipinski definition) is 2. The van der Waals surface area contributed by atoms with Gasteiger partial charge in [-0.1, -0.05) is 0 Å². The van der Waals surface area contributed by atoms with Gasteiger partial charge in [0.2, 0.25) is 6.20 Å². The van der Waals surface area contributed by atoms with E-state index in [-0.39, 0.29) is 23.7 Å². The van der Waals surface area contributed by atoms with Crippen LogP contribution in [0, 0.1) is 4.91 Å². The third kappa shape index (κ3) is 1.97. The van der Waals surface area contributed by atoms with Gasteiger partial charge in [0.25, 0.3) is 6.67 Å². The summed E-state index contributed by atoms with van der Waals surface area (Å²) in [5.74, 6) is 0. The maximum absolute atomic E-state index is 10.2. The first-order valence-electron chi connectivity index (χ1n) is 2.00. The van der Waals surface area contributed by atoms with Gasteiger partial charge in [-0.05, 0) is 0 Å². The zero-order valence-electron chi connectivity index (χ0n) is 4.12. The van der Waals surface area contributed by atoms with Crippen molar-refractivity contribution < 1.29 is 21.7 Å². The molecule has 44 valence electrons. The minimum absolute atomic E-state index is 0. The molecule has 4 heteroatoms. The van der Waals surface area contributed by atoms with Crippen molar-refractivity contribution in [2.24, 2.45) is 4.99 Å². The summed E-state index contributed by atoms with van der Waals surface area (Å²) in [7, 11) is 0. The number of hydrogen-bond donors (Lipinski definition) is 0. The van der Waals surface area contributed by atoms with Crippen LogP contribution < -0.4 is 17.0 Å². The Morgan fingerprint density at radius 2 is 2.38 bits per heavy atom. The normalized spacial score (nSPS) is 15.8. The molecule has 0 saturated heterocycles. The van der Waals surface area contributed by atoms with E-state index in [1.807, 2.05) is 0 Å². The summed E-state index contributed by atoms with van der Waals surface area (Å²) >= 11 is 0. The Hall–Kier alpha value is -0.510. The van der Waals surface area contributed by atoms with Gasteiger partial charge < -0.3 is 17.0 Å². The lowest BCUT2D eigenvalue weighted by molar-refractivity contribution is -0.478. The van der Waals surface area contributed by atoms with E-state index in [0.29, 0.717) is 0 Å². The van der Waals surface area contributed by atoms with Gasteiger partial charge in [-0.25, -0.2) is 4.99 Å². The van der Waals surface area contributed by atoms with Crippen LogP contribution in [0.3, 0.4) is 0 Å². The van der Waals surface area contributed by atoms with Crippen LogP contribution in [0.25, 0.3) is 0 Å². The molecule has 0 aliphatic carbocycles.